The Kier molecular flexibility index (Phi) is 4.68. The van der Waals surface area contributed by atoms with Crippen LogP contribution < -0.4 is 0 Å². The van der Waals surface area contributed by atoms with Gasteiger partial charge in [-0.05, 0) is 48.0 Å². The molecule has 0 aliphatic carbocycles. The molecule has 5 heteroatoms. The molecule has 1 fully saturated rings. The number of amides is 2. The van der Waals surface area contributed by atoms with Crippen LogP contribution in [0.3, 0.4) is 0 Å². The number of benzene rings is 2. The number of hydrogen-bond acceptors (Lipinski definition) is 3. The minimum Gasteiger partial charge on any atom is -0.268 e. The fraction of sp³-hybridized carbons (Fsp3) is 0.111. The van der Waals surface area contributed by atoms with Crippen molar-refractivity contribution in [1.29, 1.82) is 0 Å². The zero-order chi connectivity index (χ0) is 16.4. The van der Waals surface area contributed by atoms with E-state index in [2.05, 4.69) is 15.9 Å². The summed E-state index contributed by atoms with van der Waals surface area (Å²) in [6.07, 6.45) is 1.76. The summed E-state index contributed by atoms with van der Waals surface area (Å²) >= 11 is 4.37. The third-order valence-electron chi connectivity index (χ3n) is 3.50. The highest BCUT2D eigenvalue weighted by Gasteiger charge is 2.34. The molecule has 2 aromatic carbocycles. The van der Waals surface area contributed by atoms with Crippen molar-refractivity contribution in [3.63, 3.8) is 0 Å². The number of thioether (sulfide) groups is 1. The molecular formula is C18H14BrNO2S. The zero-order valence-electron chi connectivity index (χ0n) is 12.5. The summed E-state index contributed by atoms with van der Waals surface area (Å²) in [5, 5.41) is -0.223. The Bertz CT molecular complexity index is 782. The highest BCUT2D eigenvalue weighted by Crippen LogP contribution is 2.33. The van der Waals surface area contributed by atoms with Gasteiger partial charge in [-0.1, -0.05) is 57.9 Å². The Hall–Kier alpha value is -1.85. The van der Waals surface area contributed by atoms with E-state index >= 15 is 0 Å². The summed E-state index contributed by atoms with van der Waals surface area (Å²) < 4.78 is 0.974. The van der Waals surface area contributed by atoms with Crippen LogP contribution >= 0.6 is 27.7 Å². The van der Waals surface area contributed by atoms with E-state index in [4.69, 9.17) is 0 Å². The van der Waals surface area contributed by atoms with E-state index in [1.807, 2.05) is 55.5 Å². The number of nitrogens with zero attached hydrogens (tertiary/aromatic N) is 1. The molecule has 1 heterocycles. The minimum atomic E-state index is -0.233. The Balaban J connectivity index is 1.79. The molecule has 2 aromatic rings. The van der Waals surface area contributed by atoms with E-state index < -0.39 is 0 Å². The fourth-order valence-electron chi connectivity index (χ4n) is 2.22. The van der Waals surface area contributed by atoms with Crippen LogP contribution in [0.4, 0.5) is 4.79 Å². The molecule has 0 aromatic heterocycles. The third-order valence-corrected chi connectivity index (χ3v) is 4.94. The molecule has 0 atom stereocenters. The van der Waals surface area contributed by atoms with Gasteiger partial charge in [-0.25, -0.2) is 0 Å². The van der Waals surface area contributed by atoms with Crippen molar-refractivity contribution in [3.8, 4) is 0 Å². The molecule has 116 valence electrons. The summed E-state index contributed by atoms with van der Waals surface area (Å²) in [5.74, 6) is -0.233. The quantitative estimate of drug-likeness (QED) is 0.695. The average Bonchev–Trinajstić information content (AvgIpc) is 2.79. The molecule has 23 heavy (non-hydrogen) atoms. The highest BCUT2D eigenvalue weighted by atomic mass is 79.9. The first-order valence-corrected chi connectivity index (χ1v) is 8.70. The number of carbonyl (C=O) groups excluding carboxylic acids is 2. The van der Waals surface area contributed by atoms with Gasteiger partial charge >= 0.3 is 0 Å². The molecule has 0 unspecified atom stereocenters. The van der Waals surface area contributed by atoms with Crippen molar-refractivity contribution < 1.29 is 9.59 Å². The molecule has 2 amide bonds. The zero-order valence-corrected chi connectivity index (χ0v) is 14.9. The van der Waals surface area contributed by atoms with Crippen molar-refractivity contribution in [2.45, 2.75) is 13.5 Å². The van der Waals surface area contributed by atoms with Crippen molar-refractivity contribution in [2.24, 2.45) is 0 Å². The van der Waals surface area contributed by atoms with Crippen LogP contribution in [0.5, 0.6) is 0 Å². The van der Waals surface area contributed by atoms with Gasteiger partial charge in [-0.3, -0.25) is 14.5 Å². The number of aryl methyl sites for hydroxylation is 1. The highest BCUT2D eigenvalue weighted by molar-refractivity contribution is 9.10. The lowest BCUT2D eigenvalue weighted by atomic mass is 10.1. The molecule has 0 saturated carbocycles. The van der Waals surface area contributed by atoms with Gasteiger partial charge < -0.3 is 0 Å². The van der Waals surface area contributed by atoms with Gasteiger partial charge in [0, 0.05) is 4.47 Å². The number of imide groups is 1. The Morgan fingerprint density at radius 3 is 2.35 bits per heavy atom. The van der Waals surface area contributed by atoms with Crippen LogP contribution in [0.15, 0.2) is 57.9 Å². The second-order valence-corrected chi connectivity index (χ2v) is 7.21. The SMILES string of the molecule is Cc1ccc(CN2C(=O)S/C(=C/c3ccc(Br)cc3)C2=O)cc1. The molecule has 1 saturated heterocycles. The van der Waals surface area contributed by atoms with E-state index in [0.29, 0.717) is 11.4 Å². The van der Waals surface area contributed by atoms with E-state index in [-0.39, 0.29) is 11.1 Å². The molecule has 0 N–H and O–H groups in total. The van der Waals surface area contributed by atoms with E-state index in [1.54, 1.807) is 6.08 Å². The number of hydrogen-bond donors (Lipinski definition) is 0. The maximum Gasteiger partial charge on any atom is 0.293 e. The standard InChI is InChI=1S/C18H14BrNO2S/c1-12-2-4-14(5-3-12)11-20-17(21)16(23-18(20)22)10-13-6-8-15(19)9-7-13/h2-10H,11H2,1H3/b16-10+. The smallest absolute Gasteiger partial charge is 0.268 e. The van der Waals surface area contributed by atoms with Crippen molar-refractivity contribution in [1.82, 2.24) is 4.90 Å². The summed E-state index contributed by atoms with van der Waals surface area (Å²) in [7, 11) is 0. The summed E-state index contributed by atoms with van der Waals surface area (Å²) in [5.41, 5.74) is 3.00. The molecule has 3 rings (SSSR count). The van der Waals surface area contributed by atoms with Crippen LogP contribution in [0, 0.1) is 6.92 Å². The van der Waals surface area contributed by atoms with Crippen LogP contribution in [-0.4, -0.2) is 16.0 Å². The fourth-order valence-corrected chi connectivity index (χ4v) is 3.33. The maximum atomic E-state index is 12.5. The first-order chi connectivity index (χ1) is 11.0. The van der Waals surface area contributed by atoms with E-state index in [0.717, 1.165) is 32.9 Å². The Morgan fingerprint density at radius 2 is 1.70 bits per heavy atom. The summed E-state index contributed by atoms with van der Waals surface area (Å²) in [6.45, 7) is 2.31. The van der Waals surface area contributed by atoms with Gasteiger partial charge in [-0.2, -0.15) is 0 Å². The van der Waals surface area contributed by atoms with Crippen LogP contribution in [0.1, 0.15) is 16.7 Å². The van der Waals surface area contributed by atoms with Crippen molar-refractivity contribution in [3.05, 3.63) is 74.6 Å². The summed E-state index contributed by atoms with van der Waals surface area (Å²) in [4.78, 5) is 26.3. The summed E-state index contributed by atoms with van der Waals surface area (Å²) in [6, 6.07) is 15.5. The Labute approximate surface area is 147 Å². The van der Waals surface area contributed by atoms with Crippen LogP contribution in [0.2, 0.25) is 0 Å². The van der Waals surface area contributed by atoms with Gasteiger partial charge in [-0.15, -0.1) is 0 Å². The largest absolute Gasteiger partial charge is 0.293 e. The lowest BCUT2D eigenvalue weighted by molar-refractivity contribution is -0.123. The number of rotatable bonds is 3. The second kappa shape index (κ2) is 6.72. The second-order valence-electron chi connectivity index (χ2n) is 5.31. The topological polar surface area (TPSA) is 37.4 Å². The normalized spacial score (nSPS) is 16.4. The Morgan fingerprint density at radius 1 is 1.04 bits per heavy atom. The maximum absolute atomic E-state index is 12.5. The number of carbonyl (C=O) groups is 2. The first kappa shape index (κ1) is 16.0. The van der Waals surface area contributed by atoms with Crippen LogP contribution in [0.25, 0.3) is 6.08 Å². The molecule has 0 radical (unpaired) electrons. The molecular weight excluding hydrogens is 374 g/mol. The van der Waals surface area contributed by atoms with Crippen molar-refractivity contribution in [2.75, 3.05) is 0 Å². The first-order valence-electron chi connectivity index (χ1n) is 7.09. The lowest BCUT2D eigenvalue weighted by Gasteiger charge is -2.12. The van der Waals surface area contributed by atoms with E-state index in [1.165, 1.54) is 4.90 Å². The lowest BCUT2D eigenvalue weighted by Crippen LogP contribution is -2.27. The van der Waals surface area contributed by atoms with Gasteiger partial charge in [0.1, 0.15) is 0 Å². The monoisotopic (exact) mass is 387 g/mol. The predicted molar refractivity (Wildman–Crippen MR) is 96.8 cm³/mol. The molecule has 0 bridgehead atoms. The average molecular weight is 388 g/mol. The van der Waals surface area contributed by atoms with Crippen LogP contribution in [-0.2, 0) is 11.3 Å². The van der Waals surface area contributed by atoms with Gasteiger partial charge in [0.05, 0.1) is 11.4 Å². The van der Waals surface area contributed by atoms with Gasteiger partial charge in [0.15, 0.2) is 0 Å². The molecule has 1 aliphatic heterocycles. The predicted octanol–water partition coefficient (Wildman–Crippen LogP) is 4.99. The van der Waals surface area contributed by atoms with Gasteiger partial charge in [0.2, 0.25) is 0 Å². The molecule has 0 spiro atoms. The van der Waals surface area contributed by atoms with Gasteiger partial charge in [0.25, 0.3) is 11.1 Å². The molecule has 3 nitrogen and oxygen atoms in total. The van der Waals surface area contributed by atoms with E-state index in [9.17, 15) is 9.59 Å². The minimum absolute atomic E-state index is 0.223. The van der Waals surface area contributed by atoms with Crippen molar-refractivity contribution >= 4 is 44.9 Å². The third kappa shape index (κ3) is 3.74. The number of halogens is 1. The molecule has 1 aliphatic rings.